The Hall–Kier alpha value is -2.24. The first kappa shape index (κ1) is 17.6. The monoisotopic (exact) mass is 358 g/mol. The second-order valence-electron chi connectivity index (χ2n) is 6.09. The number of phenolic OH excluding ortho intramolecular Hbond substituents is 1. The first-order chi connectivity index (χ1) is 12.0. The molecular weight excluding hydrogens is 336 g/mol. The molecular formula is C20H22O4S. The number of methoxy groups -OCH3 is 1. The predicted octanol–water partition coefficient (Wildman–Crippen LogP) is 5.49. The van der Waals surface area contributed by atoms with Gasteiger partial charge in [0.1, 0.15) is 17.2 Å². The molecule has 0 spiro atoms. The van der Waals surface area contributed by atoms with E-state index in [9.17, 15) is 10.2 Å². The van der Waals surface area contributed by atoms with Crippen molar-refractivity contribution in [3.63, 3.8) is 0 Å². The molecule has 2 atom stereocenters. The largest absolute Gasteiger partial charge is 0.508 e. The van der Waals surface area contributed by atoms with Crippen molar-refractivity contribution in [1.29, 1.82) is 0 Å². The maximum absolute atomic E-state index is 10.8. The number of fused-ring (bicyclic) bond motifs is 1. The molecule has 2 N–H and O–H groups in total. The van der Waals surface area contributed by atoms with Crippen LogP contribution in [0.4, 0.5) is 0 Å². The third kappa shape index (κ3) is 3.57. The Labute approximate surface area is 151 Å². The summed E-state index contributed by atoms with van der Waals surface area (Å²) in [5, 5.41) is 21.4. The maximum atomic E-state index is 10.8. The van der Waals surface area contributed by atoms with Crippen LogP contribution in [0.5, 0.6) is 23.0 Å². The zero-order valence-corrected chi connectivity index (χ0v) is 15.3. The fourth-order valence-corrected chi connectivity index (χ4v) is 3.93. The van der Waals surface area contributed by atoms with E-state index in [1.807, 2.05) is 25.1 Å². The highest BCUT2D eigenvalue weighted by Gasteiger charge is 2.24. The summed E-state index contributed by atoms with van der Waals surface area (Å²) < 4.78 is 12.4. The highest BCUT2D eigenvalue weighted by molar-refractivity contribution is 7.19. The molecule has 0 aliphatic carbocycles. The fourth-order valence-electron chi connectivity index (χ4n) is 2.65. The Morgan fingerprint density at radius 2 is 1.92 bits per heavy atom. The van der Waals surface area contributed by atoms with Gasteiger partial charge in [-0.2, -0.15) is 0 Å². The van der Waals surface area contributed by atoms with E-state index in [1.54, 1.807) is 31.4 Å². The highest BCUT2D eigenvalue weighted by Crippen LogP contribution is 2.46. The lowest BCUT2D eigenvalue weighted by atomic mass is 10.00. The molecule has 3 aromatic rings. The number of phenols is 1. The van der Waals surface area contributed by atoms with Crippen molar-refractivity contribution >= 4 is 21.4 Å². The average Bonchev–Trinajstić information content (AvgIpc) is 2.98. The number of aliphatic hydroxyl groups is 1. The number of aromatic hydroxyl groups is 1. The standard InChI is InChI=1S/C20H22O4S/c1-4-12(2)18(22)20-19(24-15-7-5-6-13(21)10-15)16-9-8-14(23-3)11-17(16)25-20/h5-12,18,21-22H,4H2,1-3H3. The molecule has 5 heteroatoms. The van der Waals surface area contributed by atoms with Crippen molar-refractivity contribution in [2.75, 3.05) is 7.11 Å². The summed E-state index contributed by atoms with van der Waals surface area (Å²) in [5.74, 6) is 2.20. The molecule has 0 bridgehead atoms. The van der Waals surface area contributed by atoms with Crippen molar-refractivity contribution < 1.29 is 19.7 Å². The molecule has 4 nitrogen and oxygen atoms in total. The number of hydrogen-bond donors (Lipinski definition) is 2. The summed E-state index contributed by atoms with van der Waals surface area (Å²) >= 11 is 1.51. The summed E-state index contributed by atoms with van der Waals surface area (Å²) in [6.07, 6.45) is 0.255. The molecule has 3 rings (SSSR count). The van der Waals surface area contributed by atoms with Crippen LogP contribution >= 0.6 is 11.3 Å². The molecule has 1 aromatic heterocycles. The first-order valence-electron chi connectivity index (χ1n) is 8.28. The number of hydrogen-bond acceptors (Lipinski definition) is 5. The Balaban J connectivity index is 2.12. The van der Waals surface area contributed by atoms with Crippen molar-refractivity contribution in [3.05, 3.63) is 47.3 Å². The minimum absolute atomic E-state index is 0.112. The average molecular weight is 358 g/mol. The lowest BCUT2D eigenvalue weighted by molar-refractivity contribution is 0.117. The minimum atomic E-state index is -0.610. The van der Waals surface area contributed by atoms with Crippen LogP contribution in [0.2, 0.25) is 0 Å². The van der Waals surface area contributed by atoms with Gasteiger partial charge in [0.15, 0.2) is 5.75 Å². The van der Waals surface area contributed by atoms with E-state index < -0.39 is 6.10 Å². The van der Waals surface area contributed by atoms with Gasteiger partial charge in [-0.3, -0.25) is 0 Å². The molecule has 0 radical (unpaired) electrons. The Morgan fingerprint density at radius 1 is 1.12 bits per heavy atom. The summed E-state index contributed by atoms with van der Waals surface area (Å²) in [6, 6.07) is 12.4. The van der Waals surface area contributed by atoms with Crippen LogP contribution in [0.1, 0.15) is 31.2 Å². The molecule has 0 aliphatic rings. The van der Waals surface area contributed by atoms with Crippen LogP contribution in [0, 0.1) is 5.92 Å². The molecule has 0 fully saturated rings. The molecule has 2 unspecified atom stereocenters. The van der Waals surface area contributed by atoms with Crippen LogP contribution in [-0.4, -0.2) is 17.3 Å². The van der Waals surface area contributed by atoms with Gasteiger partial charge < -0.3 is 19.7 Å². The van der Waals surface area contributed by atoms with Gasteiger partial charge >= 0.3 is 0 Å². The van der Waals surface area contributed by atoms with Crippen LogP contribution in [0.25, 0.3) is 10.1 Å². The molecule has 1 heterocycles. The third-order valence-electron chi connectivity index (χ3n) is 4.37. The van der Waals surface area contributed by atoms with Gasteiger partial charge in [-0.15, -0.1) is 11.3 Å². The first-order valence-corrected chi connectivity index (χ1v) is 9.10. The number of benzene rings is 2. The third-order valence-corrected chi connectivity index (χ3v) is 5.57. The van der Waals surface area contributed by atoms with Crippen LogP contribution in [0.15, 0.2) is 42.5 Å². The summed E-state index contributed by atoms with van der Waals surface area (Å²) in [7, 11) is 1.63. The number of aliphatic hydroxyl groups excluding tert-OH is 1. The number of ether oxygens (including phenoxy) is 2. The molecule has 0 aliphatic heterocycles. The summed E-state index contributed by atoms with van der Waals surface area (Å²) in [4.78, 5) is 0.793. The van der Waals surface area contributed by atoms with E-state index in [0.29, 0.717) is 11.5 Å². The van der Waals surface area contributed by atoms with Crippen molar-refractivity contribution in [1.82, 2.24) is 0 Å². The van der Waals surface area contributed by atoms with Gasteiger partial charge in [0.05, 0.1) is 18.1 Å². The lowest BCUT2D eigenvalue weighted by Gasteiger charge is -2.17. The molecule has 0 saturated heterocycles. The normalized spacial score (nSPS) is 13.6. The smallest absolute Gasteiger partial charge is 0.151 e. The number of rotatable bonds is 6. The zero-order chi connectivity index (χ0) is 18.0. The van der Waals surface area contributed by atoms with Gasteiger partial charge in [-0.1, -0.05) is 26.3 Å². The van der Waals surface area contributed by atoms with Crippen molar-refractivity contribution in [2.24, 2.45) is 5.92 Å². The maximum Gasteiger partial charge on any atom is 0.151 e. The van der Waals surface area contributed by atoms with E-state index in [4.69, 9.17) is 9.47 Å². The zero-order valence-electron chi connectivity index (χ0n) is 14.5. The Kier molecular flexibility index (Phi) is 5.16. The second-order valence-corrected chi connectivity index (χ2v) is 7.17. The van der Waals surface area contributed by atoms with Crippen molar-refractivity contribution in [3.8, 4) is 23.0 Å². The Morgan fingerprint density at radius 3 is 2.60 bits per heavy atom. The predicted molar refractivity (Wildman–Crippen MR) is 101 cm³/mol. The molecule has 2 aromatic carbocycles. The van der Waals surface area contributed by atoms with E-state index in [0.717, 1.165) is 27.1 Å². The van der Waals surface area contributed by atoms with Crippen LogP contribution in [0.3, 0.4) is 0 Å². The van der Waals surface area contributed by atoms with E-state index in [2.05, 4.69) is 6.92 Å². The van der Waals surface area contributed by atoms with Crippen molar-refractivity contribution in [2.45, 2.75) is 26.4 Å². The van der Waals surface area contributed by atoms with E-state index in [1.165, 1.54) is 11.3 Å². The second kappa shape index (κ2) is 7.33. The quantitative estimate of drug-likeness (QED) is 0.612. The van der Waals surface area contributed by atoms with Gasteiger partial charge in [-0.05, 0) is 36.2 Å². The van der Waals surface area contributed by atoms with Crippen LogP contribution in [-0.2, 0) is 0 Å². The lowest BCUT2D eigenvalue weighted by Crippen LogP contribution is -2.07. The molecule has 0 amide bonds. The highest BCUT2D eigenvalue weighted by atomic mass is 32.1. The Bertz CT molecular complexity index is 871. The summed E-state index contributed by atoms with van der Waals surface area (Å²) in [5.41, 5.74) is 0. The topological polar surface area (TPSA) is 58.9 Å². The van der Waals surface area contributed by atoms with E-state index in [-0.39, 0.29) is 11.7 Å². The van der Waals surface area contributed by atoms with Gasteiger partial charge in [0, 0.05) is 16.2 Å². The summed E-state index contributed by atoms with van der Waals surface area (Å²) in [6.45, 7) is 4.08. The van der Waals surface area contributed by atoms with Gasteiger partial charge in [0.2, 0.25) is 0 Å². The fraction of sp³-hybridized carbons (Fsp3) is 0.300. The molecule has 132 valence electrons. The minimum Gasteiger partial charge on any atom is -0.508 e. The van der Waals surface area contributed by atoms with Gasteiger partial charge in [-0.25, -0.2) is 0 Å². The molecule has 0 saturated carbocycles. The van der Waals surface area contributed by atoms with Gasteiger partial charge in [0.25, 0.3) is 0 Å². The van der Waals surface area contributed by atoms with Crippen LogP contribution < -0.4 is 9.47 Å². The number of thiophene rings is 1. The molecule has 25 heavy (non-hydrogen) atoms. The van der Waals surface area contributed by atoms with E-state index >= 15 is 0 Å². The SMILES string of the molecule is CCC(C)C(O)c1sc2cc(OC)ccc2c1Oc1cccc(O)c1.